The summed E-state index contributed by atoms with van der Waals surface area (Å²) in [7, 11) is 0. The number of aliphatic carboxylic acids is 1. The zero-order valence-electron chi connectivity index (χ0n) is 33.0. The first-order chi connectivity index (χ1) is 26.1. The van der Waals surface area contributed by atoms with Gasteiger partial charge in [0.25, 0.3) is 0 Å². The largest absolute Gasteiger partial charge is 0.480 e. The monoisotopic (exact) mass is 796 g/mol. The molecule has 1 aliphatic heterocycles. The number of carboxylic acid groups (broad SMARTS) is 1. The molecule has 21 heteroatoms. The molecule has 0 aromatic carbocycles. The molecule has 0 aromatic rings. The van der Waals surface area contributed by atoms with Crippen molar-refractivity contribution in [2.45, 2.75) is 123 Å². The second-order valence-electron chi connectivity index (χ2n) is 14.8. The maximum absolute atomic E-state index is 13.8. The predicted molar refractivity (Wildman–Crippen MR) is 200 cm³/mol. The van der Waals surface area contributed by atoms with Crippen molar-refractivity contribution in [1.29, 1.82) is 0 Å². The van der Waals surface area contributed by atoms with E-state index in [9.17, 15) is 47.9 Å². The SMILES string of the molecule is CC(C)C[C@H](NC(=O)[C@@H](NC(=O)[C@H](CCC(N)=O)NC(=O)CN)C(C)C)C(=O)N[C@H](C(=O)N[C@@H](CCC(N)=O)C(=O)N1CCC[C@H]1C(=O)NCC(=O)O)C(C)C. The lowest BCUT2D eigenvalue weighted by molar-refractivity contribution is -0.143. The van der Waals surface area contributed by atoms with Crippen molar-refractivity contribution in [1.82, 2.24) is 36.8 Å². The Morgan fingerprint density at radius 1 is 0.679 bits per heavy atom. The summed E-state index contributed by atoms with van der Waals surface area (Å²) < 4.78 is 0. The number of amides is 9. The fourth-order valence-corrected chi connectivity index (χ4v) is 5.94. The van der Waals surface area contributed by atoms with Gasteiger partial charge < -0.3 is 59.1 Å². The fraction of sp³-hybridized carbons (Fsp3) is 0.714. The minimum atomic E-state index is -1.34. The lowest BCUT2D eigenvalue weighted by Crippen LogP contribution is -2.61. The second kappa shape index (κ2) is 23.6. The van der Waals surface area contributed by atoms with Crippen LogP contribution in [0.3, 0.4) is 0 Å². The van der Waals surface area contributed by atoms with E-state index in [2.05, 4.69) is 31.9 Å². The number of carboxylic acids is 1. The van der Waals surface area contributed by atoms with Gasteiger partial charge in [-0.25, -0.2) is 0 Å². The van der Waals surface area contributed by atoms with Crippen LogP contribution in [0.4, 0.5) is 0 Å². The summed E-state index contributed by atoms with van der Waals surface area (Å²) >= 11 is 0. The Bertz CT molecular complexity index is 1450. The molecule has 0 aliphatic carbocycles. The molecule has 1 heterocycles. The molecule has 0 radical (unpaired) electrons. The molecule has 0 unspecified atom stereocenters. The number of likely N-dealkylation sites (tertiary alicyclic amines) is 1. The number of nitrogens with zero attached hydrogens (tertiary/aromatic N) is 1. The maximum Gasteiger partial charge on any atom is 0.322 e. The Balaban J connectivity index is 3.27. The lowest BCUT2D eigenvalue weighted by Gasteiger charge is -2.31. The molecule has 6 atom stereocenters. The quantitative estimate of drug-likeness (QED) is 0.0454. The van der Waals surface area contributed by atoms with E-state index in [1.807, 2.05) is 0 Å². The molecule has 56 heavy (non-hydrogen) atoms. The van der Waals surface area contributed by atoms with Crippen molar-refractivity contribution < 1.29 is 53.1 Å². The Labute approximate surface area is 326 Å². The molecule has 1 fully saturated rings. The molecule has 1 rings (SSSR count). The zero-order chi connectivity index (χ0) is 42.9. The van der Waals surface area contributed by atoms with Crippen molar-refractivity contribution in [3.63, 3.8) is 0 Å². The molecule has 1 aliphatic rings. The highest BCUT2D eigenvalue weighted by Gasteiger charge is 2.39. The van der Waals surface area contributed by atoms with Crippen molar-refractivity contribution >= 4 is 59.1 Å². The van der Waals surface area contributed by atoms with Crippen molar-refractivity contribution in [3.05, 3.63) is 0 Å². The zero-order valence-corrected chi connectivity index (χ0v) is 33.0. The van der Waals surface area contributed by atoms with Crippen LogP contribution in [0.25, 0.3) is 0 Å². The highest BCUT2D eigenvalue weighted by molar-refractivity contribution is 5.98. The Hall–Kier alpha value is -5.34. The third-order valence-electron chi connectivity index (χ3n) is 8.90. The molecule has 13 N–H and O–H groups in total. The highest BCUT2D eigenvalue weighted by atomic mass is 16.4. The summed E-state index contributed by atoms with van der Waals surface area (Å²) in [5, 5.41) is 24.1. The van der Waals surface area contributed by atoms with Crippen LogP contribution in [-0.4, -0.2) is 125 Å². The standard InChI is InChI=1S/C35H60N10O11/c1-17(2)14-22(42-34(55)29(19(5)6)43-30(51)20(9-11-24(37)46)40-26(48)15-36)31(52)44-28(18(3)4)33(54)41-21(10-12-25(38)47)35(56)45-13-7-8-23(45)32(53)39-16-27(49)50/h17-23,28-29H,7-16,36H2,1-6H3,(H2,37,46)(H2,38,47)(H,39,53)(H,40,48)(H,41,54)(H,42,55)(H,43,51)(H,44,52)(H,49,50)/t20-,21-,22-,23-,28-,29-/m0/s1. The van der Waals surface area contributed by atoms with E-state index in [-0.39, 0.29) is 51.0 Å². The molecule has 21 nitrogen and oxygen atoms in total. The van der Waals surface area contributed by atoms with Gasteiger partial charge in [0.15, 0.2) is 0 Å². The van der Waals surface area contributed by atoms with Crippen LogP contribution in [0.2, 0.25) is 0 Å². The summed E-state index contributed by atoms with van der Waals surface area (Å²) in [5.41, 5.74) is 15.9. The van der Waals surface area contributed by atoms with E-state index >= 15 is 0 Å². The second-order valence-corrected chi connectivity index (χ2v) is 14.8. The number of carbonyl (C=O) groups excluding carboxylic acids is 9. The van der Waals surface area contributed by atoms with Crippen LogP contribution in [0.1, 0.15) is 86.5 Å². The minimum Gasteiger partial charge on any atom is -0.480 e. The van der Waals surface area contributed by atoms with Crippen LogP contribution in [-0.2, 0) is 47.9 Å². The van der Waals surface area contributed by atoms with Crippen LogP contribution in [0.15, 0.2) is 0 Å². The first kappa shape index (κ1) is 48.7. The summed E-state index contributed by atoms with van der Waals surface area (Å²) in [4.78, 5) is 128. The first-order valence-corrected chi connectivity index (χ1v) is 18.7. The first-order valence-electron chi connectivity index (χ1n) is 18.7. The number of rotatable bonds is 24. The van der Waals surface area contributed by atoms with Gasteiger partial charge in [0.05, 0.1) is 6.54 Å². The van der Waals surface area contributed by atoms with Gasteiger partial charge in [-0.2, -0.15) is 0 Å². The smallest absolute Gasteiger partial charge is 0.322 e. The van der Waals surface area contributed by atoms with Gasteiger partial charge in [-0.1, -0.05) is 41.5 Å². The van der Waals surface area contributed by atoms with E-state index in [4.69, 9.17) is 22.3 Å². The van der Waals surface area contributed by atoms with Crippen molar-refractivity contribution in [2.24, 2.45) is 35.0 Å². The number of nitrogens with one attached hydrogen (secondary N) is 6. The number of primary amides is 2. The van der Waals surface area contributed by atoms with Gasteiger partial charge in [0.1, 0.15) is 42.8 Å². The molecular weight excluding hydrogens is 736 g/mol. The Morgan fingerprint density at radius 3 is 1.61 bits per heavy atom. The minimum absolute atomic E-state index is 0.108. The normalized spacial score (nSPS) is 16.5. The fourth-order valence-electron chi connectivity index (χ4n) is 5.94. The average molecular weight is 797 g/mol. The third kappa shape index (κ3) is 16.6. The average Bonchev–Trinajstić information content (AvgIpc) is 3.60. The Kier molecular flexibility index (Phi) is 20.5. The van der Waals surface area contributed by atoms with E-state index in [0.717, 1.165) is 0 Å². The number of nitrogens with two attached hydrogens (primary N) is 3. The van der Waals surface area contributed by atoms with Crippen LogP contribution >= 0.6 is 0 Å². The van der Waals surface area contributed by atoms with E-state index in [1.54, 1.807) is 41.5 Å². The topological polar surface area (TPSA) is 344 Å². The van der Waals surface area contributed by atoms with Gasteiger partial charge in [-0.05, 0) is 49.9 Å². The summed E-state index contributed by atoms with van der Waals surface area (Å²) in [6, 6.07) is -7.28. The van der Waals surface area contributed by atoms with Crippen molar-refractivity contribution in [2.75, 3.05) is 19.6 Å². The summed E-state index contributed by atoms with van der Waals surface area (Å²) in [6.45, 7) is 9.17. The number of hydrogen-bond donors (Lipinski definition) is 10. The van der Waals surface area contributed by atoms with E-state index in [1.165, 1.54) is 4.90 Å². The highest BCUT2D eigenvalue weighted by Crippen LogP contribution is 2.20. The summed E-state index contributed by atoms with van der Waals surface area (Å²) in [5.74, 6) is -9.14. The lowest BCUT2D eigenvalue weighted by atomic mass is 9.97. The Morgan fingerprint density at radius 2 is 1.16 bits per heavy atom. The third-order valence-corrected chi connectivity index (χ3v) is 8.90. The number of carbonyl (C=O) groups is 10. The van der Waals surface area contributed by atoms with Crippen LogP contribution < -0.4 is 49.1 Å². The number of hydrogen-bond acceptors (Lipinski definition) is 11. The van der Waals surface area contributed by atoms with Gasteiger partial charge in [-0.15, -0.1) is 0 Å². The molecular formula is C35H60N10O11. The molecule has 0 aromatic heterocycles. The van der Waals surface area contributed by atoms with Gasteiger partial charge in [-0.3, -0.25) is 47.9 Å². The van der Waals surface area contributed by atoms with Gasteiger partial charge in [0.2, 0.25) is 53.2 Å². The molecule has 9 amide bonds. The van der Waals surface area contributed by atoms with Crippen LogP contribution in [0, 0.1) is 17.8 Å². The van der Waals surface area contributed by atoms with Crippen molar-refractivity contribution in [3.8, 4) is 0 Å². The predicted octanol–water partition coefficient (Wildman–Crippen LogP) is -3.55. The van der Waals surface area contributed by atoms with E-state index in [0.29, 0.717) is 6.42 Å². The van der Waals surface area contributed by atoms with E-state index < -0.39 is 120 Å². The molecule has 316 valence electrons. The maximum atomic E-state index is 13.8. The molecule has 1 saturated heterocycles. The van der Waals surface area contributed by atoms with Gasteiger partial charge in [0, 0.05) is 19.4 Å². The molecule has 0 bridgehead atoms. The van der Waals surface area contributed by atoms with Crippen LogP contribution in [0.5, 0.6) is 0 Å². The molecule has 0 spiro atoms. The molecule has 0 saturated carbocycles. The summed E-state index contributed by atoms with van der Waals surface area (Å²) in [6.07, 6.45) is -0.171. The van der Waals surface area contributed by atoms with Gasteiger partial charge >= 0.3 is 5.97 Å².